The zero-order valence-electron chi connectivity index (χ0n) is 14.5. The standard InChI is InChI=1S/C20H20N2O4/c1-14(12-16-4-8-19-17(13-16)10-11-26-19)21-20(23)9-5-15-2-6-18(7-3-15)22(24)25/h2-9,13-14H,10-12H2,1H3,(H,21,23)/b9-5+. The Bertz CT molecular complexity index is 843. The summed E-state index contributed by atoms with van der Waals surface area (Å²) in [5, 5.41) is 13.6. The Morgan fingerprint density at radius 3 is 2.81 bits per heavy atom. The van der Waals surface area contributed by atoms with Crippen molar-refractivity contribution < 1.29 is 14.5 Å². The molecule has 1 aliphatic heterocycles. The molecule has 1 atom stereocenters. The summed E-state index contributed by atoms with van der Waals surface area (Å²) >= 11 is 0. The molecule has 1 aliphatic rings. The minimum absolute atomic E-state index is 0.00983. The molecule has 134 valence electrons. The van der Waals surface area contributed by atoms with Gasteiger partial charge in [-0.1, -0.05) is 12.1 Å². The fraction of sp³-hybridized carbons (Fsp3) is 0.250. The lowest BCUT2D eigenvalue weighted by Crippen LogP contribution is -2.32. The van der Waals surface area contributed by atoms with Crippen LogP contribution in [0.25, 0.3) is 6.08 Å². The van der Waals surface area contributed by atoms with E-state index in [-0.39, 0.29) is 17.6 Å². The number of hydrogen-bond donors (Lipinski definition) is 1. The molecule has 2 aromatic carbocycles. The fourth-order valence-corrected chi connectivity index (χ4v) is 2.94. The molecular formula is C20H20N2O4. The average molecular weight is 352 g/mol. The lowest BCUT2D eigenvalue weighted by atomic mass is 10.0. The van der Waals surface area contributed by atoms with Crippen molar-refractivity contribution in [2.24, 2.45) is 0 Å². The van der Waals surface area contributed by atoms with E-state index in [1.54, 1.807) is 18.2 Å². The second kappa shape index (κ2) is 7.82. The monoisotopic (exact) mass is 352 g/mol. The zero-order valence-corrected chi connectivity index (χ0v) is 14.5. The largest absolute Gasteiger partial charge is 0.493 e. The van der Waals surface area contributed by atoms with E-state index < -0.39 is 4.92 Å². The van der Waals surface area contributed by atoms with E-state index in [0.29, 0.717) is 0 Å². The molecular weight excluding hydrogens is 332 g/mol. The number of carbonyl (C=O) groups is 1. The highest BCUT2D eigenvalue weighted by Crippen LogP contribution is 2.26. The van der Waals surface area contributed by atoms with Gasteiger partial charge in [0.15, 0.2) is 0 Å². The predicted molar refractivity (Wildman–Crippen MR) is 99.1 cm³/mol. The Balaban J connectivity index is 1.53. The van der Waals surface area contributed by atoms with E-state index in [9.17, 15) is 14.9 Å². The second-order valence-corrected chi connectivity index (χ2v) is 6.34. The maximum Gasteiger partial charge on any atom is 0.269 e. The third kappa shape index (κ3) is 4.47. The third-order valence-corrected chi connectivity index (χ3v) is 4.22. The Kier molecular flexibility index (Phi) is 5.31. The minimum atomic E-state index is -0.451. The average Bonchev–Trinajstić information content (AvgIpc) is 3.08. The van der Waals surface area contributed by atoms with E-state index in [1.165, 1.54) is 29.3 Å². The zero-order chi connectivity index (χ0) is 18.5. The van der Waals surface area contributed by atoms with Crippen molar-refractivity contribution in [3.8, 4) is 5.75 Å². The van der Waals surface area contributed by atoms with Crippen LogP contribution in [0.1, 0.15) is 23.6 Å². The molecule has 6 nitrogen and oxygen atoms in total. The van der Waals surface area contributed by atoms with E-state index in [2.05, 4.69) is 11.4 Å². The number of nitrogens with zero attached hydrogens (tertiary/aromatic N) is 1. The first-order valence-electron chi connectivity index (χ1n) is 8.49. The van der Waals surface area contributed by atoms with Crippen LogP contribution >= 0.6 is 0 Å². The summed E-state index contributed by atoms with van der Waals surface area (Å²) in [6.07, 6.45) is 4.75. The minimum Gasteiger partial charge on any atom is -0.493 e. The summed E-state index contributed by atoms with van der Waals surface area (Å²) in [5.41, 5.74) is 3.15. The summed E-state index contributed by atoms with van der Waals surface area (Å²) in [6, 6.07) is 12.2. The summed E-state index contributed by atoms with van der Waals surface area (Å²) in [4.78, 5) is 22.2. The maximum atomic E-state index is 12.1. The van der Waals surface area contributed by atoms with Crippen molar-refractivity contribution in [1.82, 2.24) is 5.32 Å². The smallest absolute Gasteiger partial charge is 0.269 e. The number of nitro benzene ring substituents is 1. The number of rotatable bonds is 6. The van der Waals surface area contributed by atoms with Crippen LogP contribution < -0.4 is 10.1 Å². The predicted octanol–water partition coefficient (Wildman–Crippen LogP) is 3.29. The van der Waals surface area contributed by atoms with Crippen LogP contribution in [0.15, 0.2) is 48.5 Å². The highest BCUT2D eigenvalue weighted by atomic mass is 16.6. The van der Waals surface area contributed by atoms with Crippen LogP contribution in [0.2, 0.25) is 0 Å². The maximum absolute atomic E-state index is 12.1. The van der Waals surface area contributed by atoms with Gasteiger partial charge in [-0.15, -0.1) is 0 Å². The molecule has 0 aliphatic carbocycles. The number of ether oxygens (including phenoxy) is 1. The fourth-order valence-electron chi connectivity index (χ4n) is 2.94. The van der Waals surface area contributed by atoms with Gasteiger partial charge in [-0.05, 0) is 54.3 Å². The highest BCUT2D eigenvalue weighted by Gasteiger charge is 2.13. The van der Waals surface area contributed by atoms with Gasteiger partial charge in [0.25, 0.3) is 5.69 Å². The molecule has 6 heteroatoms. The van der Waals surface area contributed by atoms with Gasteiger partial charge >= 0.3 is 0 Å². The molecule has 0 bridgehead atoms. The van der Waals surface area contributed by atoms with Crippen molar-refractivity contribution in [1.29, 1.82) is 0 Å². The molecule has 0 saturated carbocycles. The van der Waals surface area contributed by atoms with Crippen molar-refractivity contribution in [2.45, 2.75) is 25.8 Å². The molecule has 0 radical (unpaired) electrons. The lowest BCUT2D eigenvalue weighted by molar-refractivity contribution is -0.384. The van der Waals surface area contributed by atoms with Crippen LogP contribution in [0.3, 0.4) is 0 Å². The summed E-state index contributed by atoms with van der Waals surface area (Å²) in [6.45, 7) is 2.69. The van der Waals surface area contributed by atoms with Gasteiger partial charge in [0, 0.05) is 30.7 Å². The van der Waals surface area contributed by atoms with Gasteiger partial charge in [0.05, 0.1) is 11.5 Å². The Morgan fingerprint density at radius 2 is 2.08 bits per heavy atom. The topological polar surface area (TPSA) is 81.5 Å². The van der Waals surface area contributed by atoms with Gasteiger partial charge < -0.3 is 10.1 Å². The number of benzene rings is 2. The first-order chi connectivity index (χ1) is 12.5. The first-order valence-corrected chi connectivity index (χ1v) is 8.49. The van der Waals surface area contributed by atoms with Gasteiger partial charge in [0.2, 0.25) is 5.91 Å². The quantitative estimate of drug-likeness (QED) is 0.491. The number of fused-ring (bicyclic) bond motifs is 1. The van der Waals surface area contributed by atoms with Crippen molar-refractivity contribution in [3.63, 3.8) is 0 Å². The SMILES string of the molecule is CC(Cc1ccc2c(c1)CCO2)NC(=O)/C=C/c1ccc([N+](=O)[O-])cc1. The van der Waals surface area contributed by atoms with Crippen molar-refractivity contribution in [3.05, 3.63) is 75.3 Å². The number of amides is 1. The van der Waals surface area contributed by atoms with Crippen LogP contribution in [0.4, 0.5) is 5.69 Å². The second-order valence-electron chi connectivity index (χ2n) is 6.34. The molecule has 1 heterocycles. The summed E-state index contributed by atoms with van der Waals surface area (Å²) in [5.74, 6) is 0.761. The molecule has 2 aromatic rings. The van der Waals surface area contributed by atoms with Crippen molar-refractivity contribution in [2.75, 3.05) is 6.61 Å². The summed E-state index contributed by atoms with van der Waals surface area (Å²) < 4.78 is 5.50. The van der Waals surface area contributed by atoms with Gasteiger partial charge in [0.1, 0.15) is 5.75 Å². The number of nitrogens with one attached hydrogen (secondary N) is 1. The normalized spacial score (nSPS) is 13.9. The molecule has 0 spiro atoms. The molecule has 1 amide bonds. The Morgan fingerprint density at radius 1 is 1.31 bits per heavy atom. The molecule has 0 fully saturated rings. The Labute approximate surface area is 151 Å². The Hall–Kier alpha value is -3.15. The lowest BCUT2D eigenvalue weighted by Gasteiger charge is -2.13. The summed E-state index contributed by atoms with van der Waals surface area (Å²) in [7, 11) is 0. The third-order valence-electron chi connectivity index (χ3n) is 4.22. The number of hydrogen-bond acceptors (Lipinski definition) is 4. The number of non-ortho nitro benzene ring substituents is 1. The molecule has 1 N–H and O–H groups in total. The molecule has 0 saturated heterocycles. The number of nitro groups is 1. The van der Waals surface area contributed by atoms with E-state index in [4.69, 9.17) is 4.74 Å². The van der Waals surface area contributed by atoms with E-state index in [0.717, 1.165) is 30.8 Å². The van der Waals surface area contributed by atoms with E-state index >= 15 is 0 Å². The van der Waals surface area contributed by atoms with Crippen LogP contribution in [0.5, 0.6) is 5.75 Å². The van der Waals surface area contributed by atoms with Crippen LogP contribution in [-0.4, -0.2) is 23.5 Å². The molecule has 26 heavy (non-hydrogen) atoms. The van der Waals surface area contributed by atoms with Crippen molar-refractivity contribution >= 4 is 17.7 Å². The van der Waals surface area contributed by atoms with Gasteiger partial charge in [-0.3, -0.25) is 14.9 Å². The molecule has 3 rings (SSSR count). The van der Waals surface area contributed by atoms with Gasteiger partial charge in [-0.2, -0.15) is 0 Å². The molecule has 1 unspecified atom stereocenters. The van der Waals surface area contributed by atoms with Crippen LogP contribution in [-0.2, 0) is 17.6 Å². The van der Waals surface area contributed by atoms with Gasteiger partial charge in [-0.25, -0.2) is 0 Å². The first kappa shape index (κ1) is 17.7. The van der Waals surface area contributed by atoms with Crippen LogP contribution in [0, 0.1) is 10.1 Å². The molecule has 0 aromatic heterocycles. The highest BCUT2D eigenvalue weighted by molar-refractivity contribution is 5.91. The number of carbonyl (C=O) groups excluding carboxylic acids is 1. The van der Waals surface area contributed by atoms with E-state index in [1.807, 2.05) is 19.1 Å².